The number of H-pyrrole nitrogens is 1. The van der Waals surface area contributed by atoms with E-state index in [1.165, 1.54) is 18.2 Å². The quantitative estimate of drug-likeness (QED) is 0.862. The summed E-state index contributed by atoms with van der Waals surface area (Å²) in [6.07, 6.45) is -4.38. The number of aromatic amines is 1. The third-order valence-electron chi connectivity index (χ3n) is 2.22. The van der Waals surface area contributed by atoms with Crippen LogP contribution >= 0.6 is 11.8 Å². The molecule has 1 aromatic carbocycles. The Morgan fingerprint density at radius 3 is 2.63 bits per heavy atom. The second-order valence-corrected chi connectivity index (χ2v) is 4.88. The van der Waals surface area contributed by atoms with Crippen LogP contribution in [0.4, 0.5) is 13.2 Å². The van der Waals surface area contributed by atoms with E-state index < -0.39 is 11.7 Å². The van der Waals surface area contributed by atoms with Gasteiger partial charge in [-0.05, 0) is 25.1 Å². The monoisotopic (exact) mass is 286 g/mol. The predicted octanol–water partition coefficient (Wildman–Crippen LogP) is 3.25. The Labute approximate surface area is 110 Å². The minimum atomic E-state index is -4.38. The first-order chi connectivity index (χ1) is 8.84. The summed E-state index contributed by atoms with van der Waals surface area (Å²) in [4.78, 5) is 18.1. The number of alkyl halides is 3. The lowest BCUT2D eigenvalue weighted by atomic mass is 10.2. The molecule has 0 spiro atoms. The summed E-state index contributed by atoms with van der Waals surface area (Å²) in [5.74, 6) is 0. The van der Waals surface area contributed by atoms with Crippen LogP contribution in [-0.2, 0) is 6.18 Å². The zero-order chi connectivity index (χ0) is 14.0. The molecule has 7 heteroatoms. The van der Waals surface area contributed by atoms with Gasteiger partial charge in [0.05, 0.1) is 5.56 Å². The Morgan fingerprint density at radius 2 is 2.00 bits per heavy atom. The van der Waals surface area contributed by atoms with Crippen LogP contribution < -0.4 is 5.56 Å². The van der Waals surface area contributed by atoms with Crippen molar-refractivity contribution >= 4 is 11.8 Å². The number of nitrogens with one attached hydrogen (secondary N) is 1. The first-order valence-electron chi connectivity index (χ1n) is 5.28. The maximum Gasteiger partial charge on any atom is 0.416 e. The summed E-state index contributed by atoms with van der Waals surface area (Å²) in [6.45, 7) is 1.64. The van der Waals surface area contributed by atoms with Crippen molar-refractivity contribution in [3.8, 4) is 0 Å². The maximum atomic E-state index is 12.6. The van der Waals surface area contributed by atoms with E-state index in [1.54, 1.807) is 6.92 Å². The van der Waals surface area contributed by atoms with Crippen LogP contribution in [0.1, 0.15) is 11.3 Å². The number of nitrogens with zero attached hydrogens (tertiary/aromatic N) is 1. The molecule has 0 saturated heterocycles. The summed E-state index contributed by atoms with van der Waals surface area (Å²) in [6, 6.07) is 6.18. The molecular formula is C12H9F3N2OS. The molecule has 0 atom stereocenters. The van der Waals surface area contributed by atoms with Gasteiger partial charge in [-0.15, -0.1) is 0 Å². The van der Waals surface area contributed by atoms with Crippen LogP contribution in [0.5, 0.6) is 0 Å². The number of hydrogen-bond donors (Lipinski definition) is 1. The predicted molar refractivity (Wildman–Crippen MR) is 65.2 cm³/mol. The number of aryl methyl sites for hydroxylation is 1. The van der Waals surface area contributed by atoms with Crippen molar-refractivity contribution < 1.29 is 13.2 Å². The fourth-order valence-electron chi connectivity index (χ4n) is 1.45. The molecule has 3 nitrogen and oxygen atoms in total. The van der Waals surface area contributed by atoms with E-state index in [0.29, 0.717) is 10.6 Å². The lowest BCUT2D eigenvalue weighted by Crippen LogP contribution is -2.08. The normalized spacial score (nSPS) is 11.6. The number of halogens is 3. The molecule has 0 radical (unpaired) electrons. The molecule has 1 aromatic heterocycles. The number of rotatable bonds is 2. The SMILES string of the molecule is Cc1cc(=O)[nH]c(Sc2cccc(C(F)(F)F)c2)n1. The first-order valence-corrected chi connectivity index (χ1v) is 6.09. The van der Waals surface area contributed by atoms with Gasteiger partial charge in [-0.2, -0.15) is 13.2 Å². The van der Waals surface area contributed by atoms with E-state index in [0.717, 1.165) is 23.9 Å². The molecule has 0 saturated carbocycles. The van der Waals surface area contributed by atoms with Crippen LogP contribution in [0, 0.1) is 6.92 Å². The maximum absolute atomic E-state index is 12.6. The summed E-state index contributed by atoms with van der Waals surface area (Å²) >= 11 is 0.980. The van der Waals surface area contributed by atoms with Crippen molar-refractivity contribution in [2.24, 2.45) is 0 Å². The van der Waals surface area contributed by atoms with Gasteiger partial charge in [-0.3, -0.25) is 4.79 Å². The van der Waals surface area contributed by atoms with Crippen LogP contribution in [0.2, 0.25) is 0 Å². The smallest absolute Gasteiger partial charge is 0.301 e. The molecule has 0 bridgehead atoms. The van der Waals surface area contributed by atoms with Gasteiger partial charge in [0.1, 0.15) is 0 Å². The summed E-state index contributed by atoms with van der Waals surface area (Å²) in [5.41, 5.74) is -0.548. The van der Waals surface area contributed by atoms with Crippen molar-refractivity contribution in [1.82, 2.24) is 9.97 Å². The Hall–Kier alpha value is -1.76. The van der Waals surface area contributed by atoms with Gasteiger partial charge in [0.2, 0.25) is 0 Å². The third kappa shape index (κ3) is 3.60. The van der Waals surface area contributed by atoms with Crippen molar-refractivity contribution in [3.63, 3.8) is 0 Å². The number of hydrogen-bond acceptors (Lipinski definition) is 3. The van der Waals surface area contributed by atoms with Crippen molar-refractivity contribution in [2.75, 3.05) is 0 Å². The van der Waals surface area contributed by atoms with Crippen molar-refractivity contribution in [1.29, 1.82) is 0 Å². The molecule has 1 N–H and O–H groups in total. The molecule has 0 unspecified atom stereocenters. The van der Waals surface area contributed by atoms with Crippen molar-refractivity contribution in [3.05, 3.63) is 51.9 Å². The summed E-state index contributed by atoms with van der Waals surface area (Å²) in [7, 11) is 0. The second kappa shape index (κ2) is 5.08. The molecular weight excluding hydrogens is 277 g/mol. The van der Waals surface area contributed by atoms with E-state index in [2.05, 4.69) is 9.97 Å². The molecule has 0 amide bonds. The van der Waals surface area contributed by atoms with E-state index in [1.807, 2.05) is 0 Å². The van der Waals surface area contributed by atoms with Gasteiger partial charge in [0.25, 0.3) is 5.56 Å². The van der Waals surface area contributed by atoms with E-state index in [-0.39, 0.29) is 10.7 Å². The highest BCUT2D eigenvalue weighted by Crippen LogP contribution is 2.33. The third-order valence-corrected chi connectivity index (χ3v) is 3.10. The highest BCUT2D eigenvalue weighted by atomic mass is 32.2. The van der Waals surface area contributed by atoms with E-state index in [4.69, 9.17) is 0 Å². The Morgan fingerprint density at radius 1 is 1.26 bits per heavy atom. The minimum absolute atomic E-state index is 0.268. The second-order valence-electron chi connectivity index (χ2n) is 3.82. The van der Waals surface area contributed by atoms with Crippen LogP contribution in [-0.4, -0.2) is 9.97 Å². The molecule has 0 fully saturated rings. The summed E-state index contributed by atoms with van der Waals surface area (Å²) < 4.78 is 37.7. The first kappa shape index (κ1) is 13.7. The zero-order valence-electron chi connectivity index (χ0n) is 9.78. The average Bonchev–Trinajstić information content (AvgIpc) is 2.26. The van der Waals surface area contributed by atoms with Gasteiger partial charge in [0.15, 0.2) is 5.16 Å². The average molecular weight is 286 g/mol. The fraction of sp³-hybridized carbons (Fsp3) is 0.167. The van der Waals surface area contributed by atoms with Gasteiger partial charge in [-0.25, -0.2) is 4.98 Å². The Kier molecular flexibility index (Phi) is 3.66. The Balaban J connectivity index is 2.31. The Bertz CT molecular complexity index is 652. The fourth-order valence-corrected chi connectivity index (χ4v) is 2.34. The lowest BCUT2D eigenvalue weighted by Gasteiger charge is -2.08. The van der Waals surface area contributed by atoms with Crippen LogP contribution in [0.15, 0.2) is 45.2 Å². The summed E-state index contributed by atoms with van der Waals surface area (Å²) in [5, 5.41) is 0.268. The topological polar surface area (TPSA) is 45.8 Å². The highest BCUT2D eigenvalue weighted by molar-refractivity contribution is 7.99. The van der Waals surface area contributed by atoms with Gasteiger partial charge in [-0.1, -0.05) is 17.8 Å². The molecule has 19 heavy (non-hydrogen) atoms. The zero-order valence-corrected chi connectivity index (χ0v) is 10.6. The standard InChI is InChI=1S/C12H9F3N2OS/c1-7-5-10(18)17-11(16-7)19-9-4-2-3-8(6-9)12(13,14)15/h2-6H,1H3,(H,16,17,18). The van der Waals surface area contributed by atoms with Crippen molar-refractivity contribution in [2.45, 2.75) is 23.2 Å². The molecule has 100 valence electrons. The van der Waals surface area contributed by atoms with E-state index >= 15 is 0 Å². The molecule has 1 heterocycles. The van der Waals surface area contributed by atoms with E-state index in [9.17, 15) is 18.0 Å². The number of benzene rings is 1. The lowest BCUT2D eigenvalue weighted by molar-refractivity contribution is -0.137. The molecule has 0 aliphatic rings. The van der Waals surface area contributed by atoms with Crippen LogP contribution in [0.3, 0.4) is 0 Å². The largest absolute Gasteiger partial charge is 0.416 e. The van der Waals surface area contributed by atoms with Gasteiger partial charge >= 0.3 is 6.18 Å². The minimum Gasteiger partial charge on any atom is -0.301 e. The molecule has 2 rings (SSSR count). The molecule has 0 aliphatic carbocycles. The van der Waals surface area contributed by atoms with Crippen LogP contribution in [0.25, 0.3) is 0 Å². The van der Waals surface area contributed by atoms with Gasteiger partial charge in [0, 0.05) is 16.7 Å². The molecule has 0 aliphatic heterocycles. The molecule has 2 aromatic rings. The number of aromatic nitrogens is 2. The highest BCUT2D eigenvalue weighted by Gasteiger charge is 2.30. The van der Waals surface area contributed by atoms with Gasteiger partial charge < -0.3 is 4.98 Å².